The minimum absolute atomic E-state index is 0.963. The second-order valence-corrected chi connectivity index (χ2v) is 3.98. The molecule has 0 amide bonds. The number of nitrogens with one attached hydrogen (secondary N) is 1. The van der Waals surface area contributed by atoms with E-state index in [-0.39, 0.29) is 0 Å². The first kappa shape index (κ1) is 10.0. The van der Waals surface area contributed by atoms with Crippen LogP contribution in [0.15, 0.2) is 0 Å². The molecule has 2 nitrogen and oxygen atoms in total. The van der Waals surface area contributed by atoms with Crippen molar-refractivity contribution in [2.75, 3.05) is 33.2 Å². The van der Waals surface area contributed by atoms with E-state index in [1.165, 1.54) is 38.9 Å². The van der Waals surface area contributed by atoms with Crippen LogP contribution < -0.4 is 5.32 Å². The normalized spacial score (nSPS) is 21.5. The maximum Gasteiger partial charge on any atom is -0.000664 e. The van der Waals surface area contributed by atoms with Gasteiger partial charge in [-0.15, -0.1) is 0 Å². The molecule has 0 bridgehead atoms. The molecule has 2 heteroatoms. The third-order valence-corrected chi connectivity index (χ3v) is 2.78. The van der Waals surface area contributed by atoms with E-state index >= 15 is 0 Å². The highest BCUT2D eigenvalue weighted by Gasteiger charge is 2.14. The largest absolute Gasteiger partial charge is 0.320 e. The second-order valence-electron chi connectivity index (χ2n) is 3.98. The van der Waals surface area contributed by atoms with Crippen LogP contribution in [0.5, 0.6) is 0 Å². The first-order valence-corrected chi connectivity index (χ1v) is 5.20. The topological polar surface area (TPSA) is 15.3 Å². The summed E-state index contributed by atoms with van der Waals surface area (Å²) >= 11 is 0. The Labute approximate surface area is 76.3 Å². The third-order valence-electron chi connectivity index (χ3n) is 2.78. The van der Waals surface area contributed by atoms with E-state index < -0.39 is 0 Å². The van der Waals surface area contributed by atoms with Gasteiger partial charge in [-0.2, -0.15) is 0 Å². The third kappa shape index (κ3) is 3.55. The summed E-state index contributed by atoms with van der Waals surface area (Å²) in [6.07, 6.45) is 4.10. The number of hydrogen-bond donors (Lipinski definition) is 1. The molecule has 0 aromatic heterocycles. The van der Waals surface area contributed by atoms with Crippen LogP contribution in [0.25, 0.3) is 0 Å². The molecule has 0 radical (unpaired) electrons. The average molecular weight is 170 g/mol. The van der Waals surface area contributed by atoms with Crippen LogP contribution in [-0.4, -0.2) is 38.1 Å². The summed E-state index contributed by atoms with van der Waals surface area (Å²) in [5.74, 6) is 0.963. The molecular formula is C10H22N2. The van der Waals surface area contributed by atoms with Crippen LogP contribution in [0, 0.1) is 5.92 Å². The zero-order chi connectivity index (χ0) is 8.81. The van der Waals surface area contributed by atoms with Crippen molar-refractivity contribution in [2.45, 2.75) is 26.2 Å². The summed E-state index contributed by atoms with van der Waals surface area (Å²) in [6, 6.07) is 0. The minimum atomic E-state index is 0.963. The van der Waals surface area contributed by atoms with E-state index in [0.717, 1.165) is 12.5 Å². The van der Waals surface area contributed by atoms with Crippen molar-refractivity contribution in [1.82, 2.24) is 10.2 Å². The maximum atomic E-state index is 3.19. The lowest BCUT2D eigenvalue weighted by Crippen LogP contribution is -2.34. The summed E-state index contributed by atoms with van der Waals surface area (Å²) < 4.78 is 0. The van der Waals surface area contributed by atoms with E-state index in [4.69, 9.17) is 0 Å². The molecule has 0 spiro atoms. The molecule has 0 aromatic rings. The van der Waals surface area contributed by atoms with Crippen molar-refractivity contribution in [1.29, 1.82) is 0 Å². The molecule has 1 N–H and O–H groups in total. The van der Waals surface area contributed by atoms with Crippen molar-refractivity contribution >= 4 is 0 Å². The summed E-state index contributed by atoms with van der Waals surface area (Å²) in [5, 5.41) is 3.19. The molecule has 0 unspecified atom stereocenters. The van der Waals surface area contributed by atoms with Crippen LogP contribution >= 0.6 is 0 Å². The van der Waals surface area contributed by atoms with Crippen LogP contribution in [0.3, 0.4) is 0 Å². The Bertz CT molecular complexity index is 106. The van der Waals surface area contributed by atoms with E-state index in [1.54, 1.807) is 0 Å². The van der Waals surface area contributed by atoms with E-state index in [2.05, 4.69) is 17.1 Å². The summed E-state index contributed by atoms with van der Waals surface area (Å²) in [7, 11) is 2.03. The van der Waals surface area contributed by atoms with Gasteiger partial charge in [0.15, 0.2) is 0 Å². The highest BCUT2D eigenvalue weighted by Crippen LogP contribution is 2.15. The molecule has 12 heavy (non-hydrogen) atoms. The Balaban J connectivity index is 2.01. The molecule has 1 saturated heterocycles. The lowest BCUT2D eigenvalue weighted by molar-refractivity contribution is 0.191. The van der Waals surface area contributed by atoms with E-state index in [1.807, 2.05) is 7.05 Å². The van der Waals surface area contributed by atoms with Gasteiger partial charge in [-0.1, -0.05) is 6.92 Å². The standard InChI is InChI=1S/C10H22N2/c1-10-4-8-12(9-5-10)7-3-6-11-2/h10-11H,3-9H2,1-2H3. The Morgan fingerprint density at radius 3 is 2.58 bits per heavy atom. The van der Waals surface area contributed by atoms with Crippen molar-refractivity contribution in [2.24, 2.45) is 5.92 Å². The van der Waals surface area contributed by atoms with E-state index in [9.17, 15) is 0 Å². The number of rotatable bonds is 4. The van der Waals surface area contributed by atoms with Gasteiger partial charge in [0.25, 0.3) is 0 Å². The quantitative estimate of drug-likeness (QED) is 0.640. The molecular weight excluding hydrogens is 148 g/mol. The van der Waals surface area contributed by atoms with Gasteiger partial charge in [-0.3, -0.25) is 0 Å². The molecule has 1 rings (SSSR count). The Kier molecular flexibility index (Phi) is 4.62. The second kappa shape index (κ2) is 5.55. The Hall–Kier alpha value is -0.0800. The summed E-state index contributed by atoms with van der Waals surface area (Å²) in [4.78, 5) is 2.59. The molecule has 72 valence electrons. The van der Waals surface area contributed by atoms with Crippen LogP contribution in [0.2, 0.25) is 0 Å². The monoisotopic (exact) mass is 170 g/mol. The van der Waals surface area contributed by atoms with Gasteiger partial charge in [0.05, 0.1) is 0 Å². The first-order chi connectivity index (χ1) is 5.83. The number of nitrogens with zero attached hydrogens (tertiary/aromatic N) is 1. The van der Waals surface area contributed by atoms with Gasteiger partial charge in [0, 0.05) is 0 Å². The lowest BCUT2D eigenvalue weighted by atomic mass is 9.99. The van der Waals surface area contributed by atoms with Gasteiger partial charge in [-0.05, 0) is 58.4 Å². The molecule has 0 saturated carbocycles. The van der Waals surface area contributed by atoms with E-state index in [0.29, 0.717) is 0 Å². The Morgan fingerprint density at radius 2 is 2.00 bits per heavy atom. The van der Waals surface area contributed by atoms with Crippen molar-refractivity contribution in [3.05, 3.63) is 0 Å². The van der Waals surface area contributed by atoms with Gasteiger partial charge >= 0.3 is 0 Å². The number of likely N-dealkylation sites (tertiary alicyclic amines) is 1. The first-order valence-electron chi connectivity index (χ1n) is 5.20. The predicted molar refractivity (Wildman–Crippen MR) is 53.4 cm³/mol. The number of piperidine rings is 1. The highest BCUT2D eigenvalue weighted by molar-refractivity contribution is 4.69. The molecule has 0 aliphatic carbocycles. The van der Waals surface area contributed by atoms with Crippen LogP contribution in [-0.2, 0) is 0 Å². The summed E-state index contributed by atoms with van der Waals surface area (Å²) in [6.45, 7) is 7.46. The Morgan fingerprint density at radius 1 is 1.33 bits per heavy atom. The highest BCUT2D eigenvalue weighted by atomic mass is 15.1. The predicted octanol–water partition coefficient (Wildman–Crippen LogP) is 1.33. The van der Waals surface area contributed by atoms with Gasteiger partial charge in [0.1, 0.15) is 0 Å². The van der Waals surface area contributed by atoms with Crippen LogP contribution in [0.1, 0.15) is 26.2 Å². The van der Waals surface area contributed by atoms with Crippen LogP contribution in [0.4, 0.5) is 0 Å². The van der Waals surface area contributed by atoms with Gasteiger partial charge in [0.2, 0.25) is 0 Å². The SMILES string of the molecule is CNCCCN1CCC(C)CC1. The molecule has 0 aromatic carbocycles. The zero-order valence-electron chi connectivity index (χ0n) is 8.47. The van der Waals surface area contributed by atoms with Gasteiger partial charge < -0.3 is 10.2 Å². The van der Waals surface area contributed by atoms with Crippen molar-refractivity contribution < 1.29 is 0 Å². The molecule has 0 atom stereocenters. The molecule has 1 aliphatic heterocycles. The summed E-state index contributed by atoms with van der Waals surface area (Å²) in [5.41, 5.74) is 0. The van der Waals surface area contributed by atoms with Crippen molar-refractivity contribution in [3.8, 4) is 0 Å². The molecule has 1 fully saturated rings. The fourth-order valence-electron chi connectivity index (χ4n) is 1.77. The lowest BCUT2D eigenvalue weighted by Gasteiger charge is -2.30. The maximum absolute atomic E-state index is 3.19. The fourth-order valence-corrected chi connectivity index (χ4v) is 1.77. The smallest absolute Gasteiger partial charge is 0.000664 e. The molecule has 1 heterocycles. The number of hydrogen-bond acceptors (Lipinski definition) is 2. The molecule has 1 aliphatic rings. The fraction of sp³-hybridized carbons (Fsp3) is 1.00. The van der Waals surface area contributed by atoms with Crippen molar-refractivity contribution in [3.63, 3.8) is 0 Å². The average Bonchev–Trinajstić information content (AvgIpc) is 2.09. The zero-order valence-corrected chi connectivity index (χ0v) is 8.47. The minimum Gasteiger partial charge on any atom is -0.320 e. The van der Waals surface area contributed by atoms with Gasteiger partial charge in [-0.25, -0.2) is 0 Å².